The van der Waals surface area contributed by atoms with Crippen molar-refractivity contribution in [2.24, 2.45) is 45.6 Å². The molecule has 9 unspecified atom stereocenters. The smallest absolute Gasteiger partial charge is 0.246 e. The van der Waals surface area contributed by atoms with E-state index in [1.54, 1.807) is 0 Å². The van der Waals surface area contributed by atoms with Crippen molar-refractivity contribution in [3.05, 3.63) is 0 Å². The van der Waals surface area contributed by atoms with Crippen LogP contribution in [0.5, 0.6) is 0 Å². The van der Waals surface area contributed by atoms with Crippen LogP contribution in [0.4, 0.5) is 4.39 Å². The van der Waals surface area contributed by atoms with Crippen LogP contribution < -0.4 is 5.32 Å². The lowest BCUT2D eigenvalue weighted by molar-refractivity contribution is -0.164. The molecule has 0 spiro atoms. The molecule has 7 heteroatoms. The summed E-state index contributed by atoms with van der Waals surface area (Å²) in [6.07, 6.45) is 4.07. The Bertz CT molecular complexity index is 796. The van der Waals surface area contributed by atoms with Crippen LogP contribution in [0.25, 0.3) is 0 Å². The van der Waals surface area contributed by atoms with Crippen LogP contribution in [0.15, 0.2) is 5.16 Å². The minimum absolute atomic E-state index is 0.0197. The molecule has 5 aliphatic rings. The molecule has 5 fully saturated rings. The molecule has 31 heavy (non-hydrogen) atoms. The van der Waals surface area contributed by atoms with Gasteiger partial charge in [-0.15, -0.1) is 0 Å². The summed E-state index contributed by atoms with van der Waals surface area (Å²) in [4.78, 5) is 32.3. The highest BCUT2D eigenvalue weighted by molar-refractivity contribution is 6.67. The number of hydrogen-bond acceptors (Lipinski definition) is 6. The van der Waals surface area contributed by atoms with Crippen molar-refractivity contribution in [2.45, 2.75) is 71.1 Å². The van der Waals surface area contributed by atoms with Gasteiger partial charge in [0, 0.05) is 31.4 Å². The van der Waals surface area contributed by atoms with Crippen molar-refractivity contribution >= 4 is 17.3 Å². The predicted octanol–water partition coefficient (Wildman–Crippen LogP) is 2.68. The molecule has 4 saturated carbocycles. The zero-order chi connectivity index (χ0) is 22.0. The minimum atomic E-state index is -0.808. The summed E-state index contributed by atoms with van der Waals surface area (Å²) in [6.45, 7) is 5.68. The van der Waals surface area contributed by atoms with E-state index in [4.69, 9.17) is 4.84 Å². The van der Waals surface area contributed by atoms with Gasteiger partial charge in [-0.25, -0.2) is 4.39 Å². The topological polar surface area (TPSA) is 88.0 Å². The van der Waals surface area contributed by atoms with Crippen molar-refractivity contribution in [3.8, 4) is 0 Å². The second-order valence-electron chi connectivity index (χ2n) is 11.3. The number of rotatable bonds is 3. The monoisotopic (exact) mass is 434 g/mol. The minimum Gasteiger partial charge on any atom is -0.396 e. The number of Topliss-reactive ketones (excluding diaryl/α,β-unsaturated/α-hetero) is 2. The third kappa shape index (κ3) is 3.21. The molecular formula is C24H35FN2O4. The molecule has 172 valence electrons. The number of fused-ring (bicyclic) bond motifs is 5. The van der Waals surface area contributed by atoms with Crippen molar-refractivity contribution in [2.75, 3.05) is 19.7 Å². The summed E-state index contributed by atoms with van der Waals surface area (Å²) in [5, 5.41) is 17.6. The van der Waals surface area contributed by atoms with Crippen LogP contribution in [0.1, 0.15) is 58.8 Å². The Kier molecular flexibility index (Phi) is 5.28. The Morgan fingerprint density at radius 3 is 2.71 bits per heavy atom. The van der Waals surface area contributed by atoms with E-state index in [0.29, 0.717) is 25.8 Å². The van der Waals surface area contributed by atoms with E-state index in [2.05, 4.69) is 17.4 Å². The molecule has 0 aromatic carbocycles. The van der Waals surface area contributed by atoms with Gasteiger partial charge in [0.2, 0.25) is 11.6 Å². The maximum atomic E-state index is 14.4. The molecule has 5 rings (SSSR count). The van der Waals surface area contributed by atoms with E-state index < -0.39 is 17.4 Å². The van der Waals surface area contributed by atoms with Gasteiger partial charge in [0.1, 0.15) is 18.0 Å². The molecule has 1 heterocycles. The molecule has 0 bridgehead atoms. The lowest BCUT2D eigenvalue weighted by Gasteiger charge is -2.60. The molecule has 2 N–H and O–H groups in total. The summed E-state index contributed by atoms with van der Waals surface area (Å²) >= 11 is 0. The lowest BCUT2D eigenvalue weighted by atomic mass is 9.43. The molecule has 0 amide bonds. The summed E-state index contributed by atoms with van der Waals surface area (Å²) < 4.78 is 14.4. The Hall–Kier alpha value is -1.34. The first-order valence-corrected chi connectivity index (χ1v) is 12.1. The summed E-state index contributed by atoms with van der Waals surface area (Å²) in [5.74, 6) is -0.616. The van der Waals surface area contributed by atoms with E-state index in [0.717, 1.165) is 32.2 Å². The molecule has 6 nitrogen and oxygen atoms in total. The molecule has 0 aromatic rings. The third-order valence-electron chi connectivity index (χ3n) is 9.77. The molecule has 0 radical (unpaired) electrons. The summed E-state index contributed by atoms with van der Waals surface area (Å²) in [6, 6.07) is 0. The lowest BCUT2D eigenvalue weighted by Crippen LogP contribution is -2.62. The van der Waals surface area contributed by atoms with E-state index in [-0.39, 0.29) is 59.2 Å². The molecule has 1 aliphatic heterocycles. The second kappa shape index (κ2) is 7.62. The maximum Gasteiger partial charge on any atom is 0.246 e. The zero-order valence-electron chi connectivity index (χ0n) is 18.6. The van der Waals surface area contributed by atoms with Crippen LogP contribution in [-0.4, -0.2) is 54.4 Å². The molecule has 9 atom stereocenters. The summed E-state index contributed by atoms with van der Waals surface area (Å²) in [7, 11) is 0. The number of aliphatic hydroxyl groups is 1. The van der Waals surface area contributed by atoms with Gasteiger partial charge in [0.15, 0.2) is 0 Å². The van der Waals surface area contributed by atoms with Gasteiger partial charge in [-0.3, -0.25) is 9.59 Å². The van der Waals surface area contributed by atoms with Crippen LogP contribution >= 0.6 is 0 Å². The second-order valence-corrected chi connectivity index (χ2v) is 11.3. The number of nitrogens with zero attached hydrogens (tertiary/aromatic N) is 1. The largest absolute Gasteiger partial charge is 0.396 e. The maximum absolute atomic E-state index is 14.4. The molecule has 4 aliphatic carbocycles. The first kappa shape index (κ1) is 21.5. The van der Waals surface area contributed by atoms with Crippen molar-refractivity contribution in [3.63, 3.8) is 0 Å². The summed E-state index contributed by atoms with van der Waals surface area (Å²) in [5.41, 5.74) is -0.625. The van der Waals surface area contributed by atoms with Gasteiger partial charge in [-0.1, -0.05) is 19.0 Å². The van der Waals surface area contributed by atoms with Gasteiger partial charge < -0.3 is 15.3 Å². The normalized spacial score (nSPS) is 50.8. The highest BCUT2D eigenvalue weighted by Crippen LogP contribution is 2.66. The fraction of sp³-hybridized carbons (Fsp3) is 0.875. The number of ketones is 2. The average Bonchev–Trinajstić information content (AvgIpc) is 3.36. The first-order valence-electron chi connectivity index (χ1n) is 12.1. The van der Waals surface area contributed by atoms with Gasteiger partial charge in [-0.2, -0.15) is 0 Å². The van der Waals surface area contributed by atoms with Crippen LogP contribution in [0, 0.1) is 40.4 Å². The standard InChI is InChI=1S/C24H35FN2O4/c1-23-5-3-17-16(19(23)8-14(25)10-23)7-13(12-28)18-9-20(21(29)22(30)24(17,18)2)27-31-15-4-6-26-11-15/h13-19,26,28H,3-12H2,1-2H3. The van der Waals surface area contributed by atoms with Crippen LogP contribution in [0.2, 0.25) is 0 Å². The number of halogens is 1. The molecular weight excluding hydrogens is 399 g/mol. The Labute approximate surface area is 183 Å². The highest BCUT2D eigenvalue weighted by atomic mass is 19.1. The number of carbonyl (C=O) groups excluding carboxylic acids is 2. The third-order valence-corrected chi connectivity index (χ3v) is 9.77. The number of carbonyl (C=O) groups is 2. The van der Waals surface area contributed by atoms with E-state index in [1.807, 2.05) is 6.92 Å². The van der Waals surface area contributed by atoms with Gasteiger partial charge in [0.25, 0.3) is 0 Å². The quantitative estimate of drug-likeness (QED) is 0.527. The fourth-order valence-corrected chi connectivity index (χ4v) is 8.14. The highest BCUT2D eigenvalue weighted by Gasteiger charge is 2.65. The molecule has 0 aromatic heterocycles. The van der Waals surface area contributed by atoms with Gasteiger partial charge in [0.05, 0.1) is 0 Å². The van der Waals surface area contributed by atoms with Crippen molar-refractivity contribution in [1.29, 1.82) is 0 Å². The number of aliphatic hydroxyl groups excluding tert-OH is 1. The number of alkyl halides is 1. The Morgan fingerprint density at radius 1 is 1.19 bits per heavy atom. The van der Waals surface area contributed by atoms with Gasteiger partial charge in [-0.05, 0) is 73.7 Å². The van der Waals surface area contributed by atoms with Crippen molar-refractivity contribution < 1.29 is 23.9 Å². The first-order chi connectivity index (χ1) is 14.8. The SMILES string of the molecule is CC12CCC3C(CC(CO)C4CC(=NOC5CCNC5)C(=O)C(=O)C43C)C1CC(F)C2. The number of nitrogens with one attached hydrogen (secondary N) is 1. The predicted molar refractivity (Wildman–Crippen MR) is 113 cm³/mol. The van der Waals surface area contributed by atoms with Crippen molar-refractivity contribution in [1.82, 2.24) is 5.32 Å². The van der Waals surface area contributed by atoms with Crippen LogP contribution in [-0.2, 0) is 14.4 Å². The Morgan fingerprint density at radius 2 is 2.00 bits per heavy atom. The molecule has 1 saturated heterocycles. The zero-order valence-corrected chi connectivity index (χ0v) is 18.6. The fourth-order valence-electron chi connectivity index (χ4n) is 8.14. The van der Waals surface area contributed by atoms with E-state index in [1.165, 1.54) is 0 Å². The van der Waals surface area contributed by atoms with Crippen LogP contribution in [0.3, 0.4) is 0 Å². The van der Waals surface area contributed by atoms with E-state index in [9.17, 15) is 19.1 Å². The average molecular weight is 435 g/mol. The van der Waals surface area contributed by atoms with E-state index >= 15 is 0 Å². The number of hydrogen-bond donors (Lipinski definition) is 2. The Balaban J connectivity index is 1.45. The number of oxime groups is 1. The van der Waals surface area contributed by atoms with Gasteiger partial charge >= 0.3 is 0 Å².